The van der Waals surface area contributed by atoms with Crippen LogP contribution in [0.3, 0.4) is 0 Å². The molecule has 1 aliphatic heterocycles. The molecule has 170 valence electrons. The molecule has 1 heterocycles. The monoisotopic (exact) mass is 436 g/mol. The predicted octanol–water partition coefficient (Wildman–Crippen LogP) is 3.75. The second kappa shape index (κ2) is 10.8. The highest BCUT2D eigenvalue weighted by Gasteiger charge is 2.21. The summed E-state index contributed by atoms with van der Waals surface area (Å²) in [7, 11) is 0. The third kappa shape index (κ3) is 6.57. The maximum Gasteiger partial charge on any atom is 0.253 e. The quantitative estimate of drug-likeness (QED) is 0.617. The molecule has 0 aromatic heterocycles. The first-order valence-corrected chi connectivity index (χ1v) is 11.2. The van der Waals surface area contributed by atoms with Gasteiger partial charge in [0.15, 0.2) is 0 Å². The highest BCUT2D eigenvalue weighted by Crippen LogP contribution is 2.19. The molecule has 1 saturated heterocycles. The van der Waals surface area contributed by atoms with Gasteiger partial charge in [0.1, 0.15) is 0 Å². The highest BCUT2D eigenvalue weighted by atomic mass is 16.2. The number of carbonyl (C=O) groups excluding carboxylic acids is 3. The Morgan fingerprint density at radius 2 is 1.47 bits per heavy atom. The van der Waals surface area contributed by atoms with Gasteiger partial charge in [-0.3, -0.25) is 14.4 Å². The van der Waals surface area contributed by atoms with E-state index in [1.807, 2.05) is 30.9 Å². The number of anilines is 2. The number of benzene rings is 2. The van der Waals surface area contributed by atoms with Crippen molar-refractivity contribution < 1.29 is 14.4 Å². The summed E-state index contributed by atoms with van der Waals surface area (Å²) in [5.41, 5.74) is 2.60. The summed E-state index contributed by atoms with van der Waals surface area (Å²) in [4.78, 5) is 38.8. The lowest BCUT2D eigenvalue weighted by Gasteiger charge is -2.30. The standard InChI is InChI=1S/C25H32N4O3/c1-17(2)27-24(31)19-4-10-22(11-5-19)28-23(30)16-26-21-8-6-20(7-9-21)25(32)29-14-12-18(3)13-15-29/h4-11,17-18,26H,12-16H2,1-3H3,(H,27,31)(H,28,30). The molecule has 2 aromatic carbocycles. The molecule has 0 bridgehead atoms. The first kappa shape index (κ1) is 23.3. The summed E-state index contributed by atoms with van der Waals surface area (Å²) in [5, 5.41) is 8.70. The summed E-state index contributed by atoms with van der Waals surface area (Å²) in [6, 6.07) is 14.0. The van der Waals surface area contributed by atoms with Gasteiger partial charge in [-0.2, -0.15) is 0 Å². The van der Waals surface area contributed by atoms with Gasteiger partial charge in [0.2, 0.25) is 5.91 Å². The summed E-state index contributed by atoms with van der Waals surface area (Å²) < 4.78 is 0. The number of nitrogens with zero attached hydrogens (tertiary/aromatic N) is 1. The SMILES string of the molecule is CC1CCN(C(=O)c2ccc(NCC(=O)Nc3ccc(C(=O)NC(C)C)cc3)cc2)CC1. The molecule has 1 aliphatic rings. The van der Waals surface area contributed by atoms with E-state index in [1.54, 1.807) is 36.4 Å². The molecule has 3 amide bonds. The predicted molar refractivity (Wildman–Crippen MR) is 127 cm³/mol. The van der Waals surface area contributed by atoms with E-state index < -0.39 is 0 Å². The molecule has 7 heteroatoms. The van der Waals surface area contributed by atoms with Crippen LogP contribution in [0, 0.1) is 5.92 Å². The van der Waals surface area contributed by atoms with E-state index in [2.05, 4.69) is 22.9 Å². The van der Waals surface area contributed by atoms with Crippen LogP contribution in [0.2, 0.25) is 0 Å². The van der Waals surface area contributed by atoms with E-state index in [9.17, 15) is 14.4 Å². The molecular weight excluding hydrogens is 404 g/mol. The Labute approximate surface area is 189 Å². The molecular formula is C25H32N4O3. The van der Waals surface area contributed by atoms with Crippen LogP contribution >= 0.6 is 0 Å². The molecule has 1 fully saturated rings. The smallest absolute Gasteiger partial charge is 0.253 e. The van der Waals surface area contributed by atoms with E-state index in [1.165, 1.54) is 0 Å². The van der Waals surface area contributed by atoms with E-state index in [4.69, 9.17) is 0 Å². The summed E-state index contributed by atoms with van der Waals surface area (Å²) in [6.07, 6.45) is 2.10. The zero-order valence-electron chi connectivity index (χ0n) is 19.0. The fourth-order valence-corrected chi connectivity index (χ4v) is 3.56. The Morgan fingerprint density at radius 1 is 0.906 bits per heavy atom. The van der Waals surface area contributed by atoms with Gasteiger partial charge in [0.25, 0.3) is 11.8 Å². The van der Waals surface area contributed by atoms with Crippen LogP contribution in [-0.4, -0.2) is 48.3 Å². The molecule has 0 spiro atoms. The van der Waals surface area contributed by atoms with E-state index >= 15 is 0 Å². The van der Waals surface area contributed by atoms with Gasteiger partial charge in [0, 0.05) is 41.6 Å². The first-order valence-electron chi connectivity index (χ1n) is 11.2. The minimum atomic E-state index is -0.202. The lowest BCUT2D eigenvalue weighted by Crippen LogP contribution is -2.37. The van der Waals surface area contributed by atoms with Gasteiger partial charge < -0.3 is 20.9 Å². The second-order valence-corrected chi connectivity index (χ2v) is 8.66. The Bertz CT molecular complexity index is 931. The van der Waals surface area contributed by atoms with Crippen LogP contribution in [0.5, 0.6) is 0 Å². The van der Waals surface area contributed by atoms with Crippen LogP contribution in [0.25, 0.3) is 0 Å². The van der Waals surface area contributed by atoms with Crippen molar-refractivity contribution in [2.24, 2.45) is 5.92 Å². The van der Waals surface area contributed by atoms with Crippen molar-refractivity contribution in [2.45, 2.75) is 39.7 Å². The number of hydrogen-bond donors (Lipinski definition) is 3. The summed E-state index contributed by atoms with van der Waals surface area (Å²) in [6.45, 7) is 7.74. The Morgan fingerprint density at radius 3 is 2.06 bits per heavy atom. The normalized spacial score (nSPS) is 14.2. The Kier molecular flexibility index (Phi) is 7.87. The van der Waals surface area contributed by atoms with E-state index in [-0.39, 0.29) is 30.3 Å². The zero-order valence-corrected chi connectivity index (χ0v) is 19.0. The molecule has 0 atom stereocenters. The number of hydrogen-bond acceptors (Lipinski definition) is 4. The highest BCUT2D eigenvalue weighted by molar-refractivity contribution is 5.97. The van der Waals surface area contributed by atoms with E-state index in [0.717, 1.165) is 31.6 Å². The average molecular weight is 437 g/mol. The van der Waals surface area contributed by atoms with E-state index in [0.29, 0.717) is 22.7 Å². The molecule has 0 unspecified atom stereocenters. The number of carbonyl (C=O) groups is 3. The van der Waals surface area contributed by atoms with Crippen molar-refractivity contribution >= 4 is 29.1 Å². The van der Waals surface area contributed by atoms with Crippen LogP contribution in [0.1, 0.15) is 54.3 Å². The topological polar surface area (TPSA) is 90.5 Å². The largest absolute Gasteiger partial charge is 0.376 e. The van der Waals surface area contributed by atoms with Gasteiger partial charge in [-0.15, -0.1) is 0 Å². The second-order valence-electron chi connectivity index (χ2n) is 8.66. The lowest BCUT2D eigenvalue weighted by molar-refractivity contribution is -0.114. The molecule has 3 N–H and O–H groups in total. The van der Waals surface area contributed by atoms with Crippen molar-refractivity contribution in [3.05, 3.63) is 59.7 Å². The molecule has 2 aromatic rings. The minimum Gasteiger partial charge on any atom is -0.376 e. The summed E-state index contributed by atoms with van der Waals surface area (Å²) in [5.74, 6) is 0.397. The molecule has 32 heavy (non-hydrogen) atoms. The molecule has 0 saturated carbocycles. The third-order valence-corrected chi connectivity index (χ3v) is 5.51. The molecule has 0 radical (unpaired) electrons. The number of rotatable bonds is 7. The number of amides is 3. The Hall–Kier alpha value is -3.35. The van der Waals surface area contributed by atoms with Crippen molar-refractivity contribution in [3.8, 4) is 0 Å². The van der Waals surface area contributed by atoms with Gasteiger partial charge >= 0.3 is 0 Å². The number of piperidine rings is 1. The number of likely N-dealkylation sites (tertiary alicyclic amines) is 1. The van der Waals surface area contributed by atoms with Crippen molar-refractivity contribution in [1.29, 1.82) is 0 Å². The first-order chi connectivity index (χ1) is 15.3. The van der Waals surface area contributed by atoms with Gasteiger partial charge in [-0.25, -0.2) is 0 Å². The Balaban J connectivity index is 1.46. The average Bonchev–Trinajstić information content (AvgIpc) is 2.78. The van der Waals surface area contributed by atoms with Crippen molar-refractivity contribution in [1.82, 2.24) is 10.2 Å². The van der Waals surface area contributed by atoms with Crippen LogP contribution in [0.4, 0.5) is 11.4 Å². The lowest BCUT2D eigenvalue weighted by atomic mass is 9.98. The van der Waals surface area contributed by atoms with Crippen LogP contribution < -0.4 is 16.0 Å². The molecule has 7 nitrogen and oxygen atoms in total. The van der Waals surface area contributed by atoms with Crippen molar-refractivity contribution in [3.63, 3.8) is 0 Å². The van der Waals surface area contributed by atoms with Gasteiger partial charge in [-0.05, 0) is 81.1 Å². The van der Waals surface area contributed by atoms with Gasteiger partial charge in [-0.1, -0.05) is 6.92 Å². The molecule has 3 rings (SSSR count). The fraction of sp³-hybridized carbons (Fsp3) is 0.400. The molecule has 0 aliphatic carbocycles. The van der Waals surface area contributed by atoms with Crippen LogP contribution in [-0.2, 0) is 4.79 Å². The maximum atomic E-state index is 12.6. The zero-order chi connectivity index (χ0) is 23.1. The fourth-order valence-electron chi connectivity index (χ4n) is 3.56. The number of nitrogens with one attached hydrogen (secondary N) is 3. The van der Waals surface area contributed by atoms with Gasteiger partial charge in [0.05, 0.1) is 6.54 Å². The summed E-state index contributed by atoms with van der Waals surface area (Å²) >= 11 is 0. The maximum absolute atomic E-state index is 12.6. The third-order valence-electron chi connectivity index (χ3n) is 5.51. The van der Waals surface area contributed by atoms with Crippen LogP contribution in [0.15, 0.2) is 48.5 Å². The van der Waals surface area contributed by atoms with Crippen molar-refractivity contribution in [2.75, 3.05) is 30.3 Å². The minimum absolute atomic E-state index is 0.0618.